The Labute approximate surface area is 110 Å². The minimum Gasteiger partial charge on any atom is -0.392 e. The van der Waals surface area contributed by atoms with Crippen LogP contribution in [0.3, 0.4) is 0 Å². The van der Waals surface area contributed by atoms with Crippen LogP contribution in [0, 0.1) is 11.6 Å². The Morgan fingerprint density at radius 3 is 2.37 bits per heavy atom. The molecule has 0 bridgehead atoms. The molecule has 2 rings (SSSR count). The lowest BCUT2D eigenvalue weighted by atomic mass is 10.0. The molecule has 19 heavy (non-hydrogen) atoms. The molecule has 0 aliphatic carbocycles. The lowest BCUT2D eigenvalue weighted by Crippen LogP contribution is -2.14. The van der Waals surface area contributed by atoms with Crippen LogP contribution in [0.15, 0.2) is 30.6 Å². The maximum absolute atomic E-state index is 13.0. The predicted octanol–water partition coefficient (Wildman–Crippen LogP) is 2.33. The van der Waals surface area contributed by atoms with E-state index in [0.29, 0.717) is 12.0 Å². The van der Waals surface area contributed by atoms with E-state index < -0.39 is 17.7 Å². The zero-order valence-corrected chi connectivity index (χ0v) is 10.7. The second-order valence-electron chi connectivity index (χ2n) is 4.54. The zero-order valence-electron chi connectivity index (χ0n) is 10.7. The van der Waals surface area contributed by atoms with E-state index in [9.17, 15) is 13.9 Å². The van der Waals surface area contributed by atoms with E-state index in [1.165, 1.54) is 12.1 Å². The maximum Gasteiger partial charge on any atom is 0.126 e. The Balaban J connectivity index is 1.98. The van der Waals surface area contributed by atoms with Gasteiger partial charge < -0.3 is 5.11 Å². The quantitative estimate of drug-likeness (QED) is 0.902. The van der Waals surface area contributed by atoms with Crippen LogP contribution in [0.1, 0.15) is 18.1 Å². The van der Waals surface area contributed by atoms with Crippen LogP contribution >= 0.6 is 0 Å². The molecule has 5 heteroatoms. The predicted molar refractivity (Wildman–Crippen MR) is 67.7 cm³/mol. The first-order chi connectivity index (χ1) is 9.06. The molecule has 0 saturated heterocycles. The molecule has 1 unspecified atom stereocenters. The number of rotatable bonds is 5. The van der Waals surface area contributed by atoms with Crippen molar-refractivity contribution in [2.24, 2.45) is 0 Å². The van der Waals surface area contributed by atoms with Gasteiger partial charge in [-0.2, -0.15) is 5.10 Å². The number of benzene rings is 1. The summed E-state index contributed by atoms with van der Waals surface area (Å²) in [5.74, 6) is -1.25. The van der Waals surface area contributed by atoms with Gasteiger partial charge in [0.2, 0.25) is 0 Å². The molecule has 1 N–H and O–H groups in total. The number of aromatic nitrogens is 2. The molecule has 0 spiro atoms. The van der Waals surface area contributed by atoms with Gasteiger partial charge >= 0.3 is 0 Å². The van der Waals surface area contributed by atoms with E-state index >= 15 is 0 Å². The first-order valence-electron chi connectivity index (χ1n) is 6.21. The summed E-state index contributed by atoms with van der Waals surface area (Å²) in [5, 5.41) is 14.0. The summed E-state index contributed by atoms with van der Waals surface area (Å²) in [5.41, 5.74) is 1.36. The molecule has 3 nitrogen and oxygen atoms in total. The normalized spacial score (nSPS) is 12.6. The fourth-order valence-electron chi connectivity index (χ4n) is 2.03. The van der Waals surface area contributed by atoms with E-state index in [4.69, 9.17) is 0 Å². The van der Waals surface area contributed by atoms with Crippen molar-refractivity contribution in [1.29, 1.82) is 0 Å². The summed E-state index contributed by atoms with van der Waals surface area (Å²) >= 11 is 0. The highest BCUT2D eigenvalue weighted by atomic mass is 19.1. The van der Waals surface area contributed by atoms with Crippen molar-refractivity contribution in [3.8, 4) is 0 Å². The molecule has 2 aromatic rings. The SMILES string of the molecule is CCn1cc(CC(O)Cc2cc(F)cc(F)c2)cn1. The number of hydrogen-bond acceptors (Lipinski definition) is 2. The molecular weight excluding hydrogens is 250 g/mol. The van der Waals surface area contributed by atoms with Gasteiger partial charge in [-0.1, -0.05) is 0 Å². The average molecular weight is 266 g/mol. The highest BCUT2D eigenvalue weighted by Crippen LogP contribution is 2.12. The molecule has 0 saturated carbocycles. The van der Waals surface area contributed by atoms with Crippen LogP contribution < -0.4 is 0 Å². The molecule has 102 valence electrons. The number of hydrogen-bond donors (Lipinski definition) is 1. The summed E-state index contributed by atoms with van der Waals surface area (Å²) in [7, 11) is 0. The second kappa shape index (κ2) is 5.93. The van der Waals surface area contributed by atoms with Gasteiger partial charge in [0.25, 0.3) is 0 Å². The van der Waals surface area contributed by atoms with Crippen molar-refractivity contribution in [2.75, 3.05) is 0 Å². The molecule has 1 aromatic heterocycles. The molecule has 0 aliphatic rings. The first-order valence-corrected chi connectivity index (χ1v) is 6.21. The number of aliphatic hydroxyl groups is 1. The molecular formula is C14H16F2N2O. The Kier molecular flexibility index (Phi) is 4.27. The van der Waals surface area contributed by atoms with Crippen LogP contribution in [0.25, 0.3) is 0 Å². The van der Waals surface area contributed by atoms with Crippen molar-refractivity contribution in [3.05, 3.63) is 53.4 Å². The van der Waals surface area contributed by atoms with E-state index in [1.54, 1.807) is 10.9 Å². The number of halogens is 2. The Morgan fingerprint density at radius 2 is 1.79 bits per heavy atom. The molecule has 1 heterocycles. The summed E-state index contributed by atoms with van der Waals surface area (Å²) < 4.78 is 27.8. The van der Waals surface area contributed by atoms with Crippen molar-refractivity contribution in [1.82, 2.24) is 9.78 Å². The van der Waals surface area contributed by atoms with E-state index in [1.807, 2.05) is 13.1 Å². The van der Waals surface area contributed by atoms with Crippen LogP contribution in [-0.4, -0.2) is 21.0 Å². The van der Waals surface area contributed by atoms with E-state index in [-0.39, 0.29) is 6.42 Å². The van der Waals surface area contributed by atoms with E-state index in [2.05, 4.69) is 5.10 Å². The molecule has 0 amide bonds. The number of aliphatic hydroxyl groups excluding tert-OH is 1. The van der Waals surface area contributed by atoms with Gasteiger partial charge in [0, 0.05) is 25.2 Å². The summed E-state index contributed by atoms with van der Waals surface area (Å²) in [4.78, 5) is 0. The third kappa shape index (κ3) is 3.86. The van der Waals surface area contributed by atoms with Gasteiger partial charge in [-0.05, 0) is 36.6 Å². The van der Waals surface area contributed by atoms with Crippen molar-refractivity contribution >= 4 is 0 Å². The van der Waals surface area contributed by atoms with Crippen LogP contribution in [0.5, 0.6) is 0 Å². The van der Waals surface area contributed by atoms with Crippen LogP contribution in [0.4, 0.5) is 8.78 Å². The van der Waals surface area contributed by atoms with Crippen LogP contribution in [0.2, 0.25) is 0 Å². The third-order valence-corrected chi connectivity index (χ3v) is 2.88. The topological polar surface area (TPSA) is 38.0 Å². The lowest BCUT2D eigenvalue weighted by molar-refractivity contribution is 0.175. The largest absolute Gasteiger partial charge is 0.392 e. The Morgan fingerprint density at radius 1 is 1.16 bits per heavy atom. The molecule has 0 aliphatic heterocycles. The molecule has 1 atom stereocenters. The highest BCUT2D eigenvalue weighted by molar-refractivity contribution is 5.19. The smallest absolute Gasteiger partial charge is 0.126 e. The van der Waals surface area contributed by atoms with Crippen LogP contribution in [-0.2, 0) is 19.4 Å². The average Bonchev–Trinajstić information content (AvgIpc) is 2.74. The molecule has 1 aromatic carbocycles. The van der Waals surface area contributed by atoms with Gasteiger partial charge in [0.05, 0.1) is 12.3 Å². The minimum absolute atomic E-state index is 0.214. The maximum atomic E-state index is 13.0. The van der Waals surface area contributed by atoms with Gasteiger partial charge in [0.15, 0.2) is 0 Å². The van der Waals surface area contributed by atoms with Gasteiger partial charge in [-0.3, -0.25) is 4.68 Å². The zero-order chi connectivity index (χ0) is 13.8. The summed E-state index contributed by atoms with van der Waals surface area (Å²) in [6, 6.07) is 3.30. The highest BCUT2D eigenvalue weighted by Gasteiger charge is 2.10. The lowest BCUT2D eigenvalue weighted by Gasteiger charge is -2.09. The standard InChI is InChI=1S/C14H16F2N2O/c1-2-18-9-11(8-17-18)6-14(19)5-10-3-12(15)7-13(16)4-10/h3-4,7-9,14,19H,2,5-6H2,1H3. The van der Waals surface area contributed by atoms with Crippen molar-refractivity contribution < 1.29 is 13.9 Å². The van der Waals surface area contributed by atoms with Gasteiger partial charge in [-0.25, -0.2) is 8.78 Å². The number of nitrogens with zero attached hydrogens (tertiary/aromatic N) is 2. The number of aryl methyl sites for hydroxylation is 1. The van der Waals surface area contributed by atoms with Gasteiger partial charge in [0.1, 0.15) is 11.6 Å². The van der Waals surface area contributed by atoms with Gasteiger partial charge in [-0.15, -0.1) is 0 Å². The molecule has 0 radical (unpaired) electrons. The minimum atomic E-state index is -0.685. The fraction of sp³-hybridized carbons (Fsp3) is 0.357. The van der Waals surface area contributed by atoms with Crippen molar-refractivity contribution in [3.63, 3.8) is 0 Å². The fourth-order valence-corrected chi connectivity index (χ4v) is 2.03. The monoisotopic (exact) mass is 266 g/mol. The Hall–Kier alpha value is -1.75. The molecule has 0 fully saturated rings. The Bertz CT molecular complexity index is 534. The van der Waals surface area contributed by atoms with E-state index in [0.717, 1.165) is 18.2 Å². The van der Waals surface area contributed by atoms with Crippen molar-refractivity contribution in [2.45, 2.75) is 32.4 Å². The third-order valence-electron chi connectivity index (χ3n) is 2.88. The second-order valence-corrected chi connectivity index (χ2v) is 4.54. The first kappa shape index (κ1) is 13.7. The summed E-state index contributed by atoms with van der Waals surface area (Å²) in [6.07, 6.45) is 3.49. The summed E-state index contributed by atoms with van der Waals surface area (Å²) in [6.45, 7) is 2.74.